The Morgan fingerprint density at radius 2 is 2.36 bits per heavy atom. The smallest absolute Gasteiger partial charge is 0.228 e. The molecule has 0 spiro atoms. The Bertz CT molecular complexity index is 264. The molecule has 1 atom stereocenters. The number of rotatable bonds is 6. The number of nitrogens with zero attached hydrogens (tertiary/aromatic N) is 2. The van der Waals surface area contributed by atoms with Gasteiger partial charge in [-0.2, -0.15) is 16.7 Å². The zero-order valence-corrected chi connectivity index (χ0v) is 9.73. The van der Waals surface area contributed by atoms with Gasteiger partial charge in [0.1, 0.15) is 0 Å². The van der Waals surface area contributed by atoms with Gasteiger partial charge in [-0.05, 0) is 19.7 Å². The van der Waals surface area contributed by atoms with Crippen molar-refractivity contribution in [2.24, 2.45) is 0 Å². The van der Waals surface area contributed by atoms with Gasteiger partial charge in [-0.3, -0.25) is 0 Å². The molecule has 1 N–H and O–H groups in total. The van der Waals surface area contributed by atoms with Crippen LogP contribution in [0.3, 0.4) is 0 Å². The van der Waals surface area contributed by atoms with Crippen LogP contribution in [0.15, 0.2) is 4.52 Å². The lowest BCUT2D eigenvalue weighted by atomic mass is 10.2. The average molecular weight is 215 g/mol. The van der Waals surface area contributed by atoms with Gasteiger partial charge in [-0.25, -0.2) is 0 Å². The standard InChI is InChI=1S/C9H17N3OS/c1-4-10-7(2)5-9-11-8(6-14-3)12-13-9/h7,10H,4-6H2,1-3H3. The van der Waals surface area contributed by atoms with Gasteiger partial charge in [0, 0.05) is 12.5 Å². The van der Waals surface area contributed by atoms with Gasteiger partial charge in [0.05, 0.1) is 5.75 Å². The van der Waals surface area contributed by atoms with Gasteiger partial charge in [-0.15, -0.1) is 0 Å². The van der Waals surface area contributed by atoms with Crippen molar-refractivity contribution in [3.63, 3.8) is 0 Å². The Labute approximate surface area is 88.8 Å². The van der Waals surface area contributed by atoms with Crippen LogP contribution in [0.2, 0.25) is 0 Å². The lowest BCUT2D eigenvalue weighted by Crippen LogP contribution is -2.27. The van der Waals surface area contributed by atoms with Crippen LogP contribution >= 0.6 is 11.8 Å². The van der Waals surface area contributed by atoms with E-state index in [1.807, 2.05) is 6.26 Å². The van der Waals surface area contributed by atoms with E-state index in [0.717, 1.165) is 30.4 Å². The third-order valence-corrected chi connectivity index (χ3v) is 2.36. The van der Waals surface area contributed by atoms with Crippen LogP contribution in [0.4, 0.5) is 0 Å². The highest BCUT2D eigenvalue weighted by Crippen LogP contribution is 2.06. The van der Waals surface area contributed by atoms with Crippen molar-refractivity contribution in [1.82, 2.24) is 15.5 Å². The van der Waals surface area contributed by atoms with Crippen molar-refractivity contribution in [1.29, 1.82) is 0 Å². The molecule has 0 aliphatic carbocycles. The van der Waals surface area contributed by atoms with E-state index in [2.05, 4.69) is 29.3 Å². The van der Waals surface area contributed by atoms with Gasteiger partial charge < -0.3 is 9.84 Å². The predicted octanol–water partition coefficient (Wildman–Crippen LogP) is 1.47. The van der Waals surface area contributed by atoms with Crippen molar-refractivity contribution in [3.05, 3.63) is 11.7 Å². The number of thioether (sulfide) groups is 1. The van der Waals surface area contributed by atoms with Gasteiger partial charge in [0.25, 0.3) is 0 Å². The first-order chi connectivity index (χ1) is 6.76. The number of hydrogen-bond acceptors (Lipinski definition) is 5. The van der Waals surface area contributed by atoms with Crippen molar-refractivity contribution in [3.8, 4) is 0 Å². The van der Waals surface area contributed by atoms with Crippen LogP contribution < -0.4 is 5.32 Å². The summed E-state index contributed by atoms with van der Waals surface area (Å²) in [5.74, 6) is 2.33. The minimum Gasteiger partial charge on any atom is -0.339 e. The molecule has 0 fully saturated rings. The molecule has 0 saturated carbocycles. The van der Waals surface area contributed by atoms with E-state index in [-0.39, 0.29) is 0 Å². The largest absolute Gasteiger partial charge is 0.339 e. The monoisotopic (exact) mass is 215 g/mol. The van der Waals surface area contributed by atoms with E-state index in [1.165, 1.54) is 0 Å². The lowest BCUT2D eigenvalue weighted by molar-refractivity contribution is 0.359. The van der Waals surface area contributed by atoms with Crippen molar-refractivity contribution < 1.29 is 4.52 Å². The molecule has 0 aliphatic rings. The van der Waals surface area contributed by atoms with E-state index in [4.69, 9.17) is 4.52 Å². The molecular formula is C9H17N3OS. The summed E-state index contributed by atoms with van der Waals surface area (Å²) < 4.78 is 5.12. The SMILES string of the molecule is CCNC(C)Cc1nc(CSC)no1. The zero-order valence-electron chi connectivity index (χ0n) is 8.91. The Hall–Kier alpha value is -0.550. The van der Waals surface area contributed by atoms with Crippen molar-refractivity contribution >= 4 is 11.8 Å². The average Bonchev–Trinajstić information content (AvgIpc) is 2.53. The quantitative estimate of drug-likeness (QED) is 0.779. The normalized spacial score (nSPS) is 13.1. The maximum Gasteiger partial charge on any atom is 0.228 e. The Morgan fingerprint density at radius 1 is 1.57 bits per heavy atom. The van der Waals surface area contributed by atoms with Crippen LogP contribution in [0.25, 0.3) is 0 Å². The molecule has 5 heteroatoms. The minimum atomic E-state index is 0.391. The summed E-state index contributed by atoms with van der Waals surface area (Å²) in [5.41, 5.74) is 0. The Kier molecular flexibility index (Phi) is 4.97. The summed E-state index contributed by atoms with van der Waals surface area (Å²) in [6, 6.07) is 0.391. The molecule has 0 saturated heterocycles. The molecule has 1 heterocycles. The van der Waals surface area contributed by atoms with Crippen LogP contribution in [0, 0.1) is 0 Å². The van der Waals surface area contributed by atoms with E-state index in [9.17, 15) is 0 Å². The summed E-state index contributed by atoms with van der Waals surface area (Å²) >= 11 is 1.70. The summed E-state index contributed by atoms with van der Waals surface area (Å²) in [7, 11) is 0. The van der Waals surface area contributed by atoms with E-state index in [0.29, 0.717) is 6.04 Å². The lowest BCUT2D eigenvalue weighted by Gasteiger charge is -2.07. The minimum absolute atomic E-state index is 0.391. The highest BCUT2D eigenvalue weighted by atomic mass is 32.2. The van der Waals surface area contributed by atoms with E-state index < -0.39 is 0 Å². The topological polar surface area (TPSA) is 51.0 Å². The van der Waals surface area contributed by atoms with Crippen LogP contribution in [-0.4, -0.2) is 29.0 Å². The second kappa shape index (κ2) is 6.03. The molecule has 0 radical (unpaired) electrons. The number of hydrogen-bond donors (Lipinski definition) is 1. The van der Waals surface area contributed by atoms with Crippen LogP contribution in [-0.2, 0) is 12.2 Å². The molecule has 80 valence electrons. The van der Waals surface area contributed by atoms with Gasteiger partial charge in [0.15, 0.2) is 5.82 Å². The summed E-state index contributed by atoms with van der Waals surface area (Å²) in [6.45, 7) is 5.17. The van der Waals surface area contributed by atoms with Crippen molar-refractivity contribution in [2.45, 2.75) is 32.1 Å². The summed E-state index contributed by atoms with van der Waals surface area (Å²) in [5, 5.41) is 7.19. The zero-order chi connectivity index (χ0) is 10.4. The van der Waals surface area contributed by atoms with Gasteiger partial charge >= 0.3 is 0 Å². The first kappa shape index (κ1) is 11.5. The summed E-state index contributed by atoms with van der Waals surface area (Å²) in [6.07, 6.45) is 2.83. The fourth-order valence-electron chi connectivity index (χ4n) is 1.24. The third-order valence-electron chi connectivity index (χ3n) is 1.82. The second-order valence-electron chi connectivity index (χ2n) is 3.20. The molecule has 1 aromatic heterocycles. The fourth-order valence-corrected chi connectivity index (χ4v) is 1.62. The molecule has 4 nitrogen and oxygen atoms in total. The number of nitrogens with one attached hydrogen (secondary N) is 1. The van der Waals surface area contributed by atoms with E-state index >= 15 is 0 Å². The molecule has 0 bridgehead atoms. The molecule has 1 unspecified atom stereocenters. The van der Waals surface area contributed by atoms with Crippen LogP contribution in [0.5, 0.6) is 0 Å². The van der Waals surface area contributed by atoms with Gasteiger partial charge in [0.2, 0.25) is 5.89 Å². The Balaban J connectivity index is 2.42. The van der Waals surface area contributed by atoms with Crippen molar-refractivity contribution in [2.75, 3.05) is 12.8 Å². The highest BCUT2D eigenvalue weighted by molar-refractivity contribution is 7.97. The maximum absolute atomic E-state index is 5.12. The maximum atomic E-state index is 5.12. The molecule has 0 amide bonds. The highest BCUT2D eigenvalue weighted by Gasteiger charge is 2.09. The third kappa shape index (κ3) is 3.67. The first-order valence-corrected chi connectivity index (χ1v) is 6.19. The molecule has 0 aromatic carbocycles. The predicted molar refractivity (Wildman–Crippen MR) is 58.4 cm³/mol. The van der Waals surface area contributed by atoms with E-state index in [1.54, 1.807) is 11.8 Å². The first-order valence-electron chi connectivity index (χ1n) is 4.80. The Morgan fingerprint density at radius 3 is 3.00 bits per heavy atom. The molecule has 14 heavy (non-hydrogen) atoms. The fraction of sp³-hybridized carbons (Fsp3) is 0.778. The number of likely N-dealkylation sites (N-methyl/N-ethyl adjacent to an activating group) is 1. The van der Waals surface area contributed by atoms with Gasteiger partial charge in [-0.1, -0.05) is 12.1 Å². The van der Waals surface area contributed by atoms with Crippen LogP contribution in [0.1, 0.15) is 25.6 Å². The molecule has 1 rings (SSSR count). The molecular weight excluding hydrogens is 198 g/mol. The summed E-state index contributed by atoms with van der Waals surface area (Å²) in [4.78, 5) is 4.28. The second-order valence-corrected chi connectivity index (χ2v) is 4.07. The number of aromatic nitrogens is 2. The molecule has 0 aliphatic heterocycles. The molecule has 1 aromatic rings.